The van der Waals surface area contributed by atoms with Crippen molar-refractivity contribution in [1.82, 2.24) is 15.3 Å². The summed E-state index contributed by atoms with van der Waals surface area (Å²) in [7, 11) is 1.19. The molecule has 5 N–H and O–H groups in total. The van der Waals surface area contributed by atoms with Crippen LogP contribution in [-0.2, 0) is 25.5 Å². The van der Waals surface area contributed by atoms with Gasteiger partial charge in [0.2, 0.25) is 5.91 Å². The van der Waals surface area contributed by atoms with Crippen LogP contribution in [0.2, 0.25) is 0 Å². The predicted octanol–water partition coefficient (Wildman–Crippen LogP) is -1.59. The molecule has 0 fully saturated rings. The zero-order valence-electron chi connectivity index (χ0n) is 10.8. The molecular formula is C11H16N4O5. The molecule has 0 unspecified atom stereocenters. The van der Waals surface area contributed by atoms with Crippen molar-refractivity contribution in [1.29, 1.82) is 0 Å². The fraction of sp³-hybridized carbons (Fsp3) is 0.455. The molecule has 0 saturated carbocycles. The average Bonchev–Trinajstić information content (AvgIpc) is 2.89. The van der Waals surface area contributed by atoms with Crippen molar-refractivity contribution in [3.05, 3.63) is 18.2 Å². The molecule has 0 aliphatic rings. The van der Waals surface area contributed by atoms with Gasteiger partial charge in [-0.05, 0) is 0 Å². The lowest BCUT2D eigenvalue weighted by atomic mass is 10.1. The van der Waals surface area contributed by atoms with E-state index in [1.807, 2.05) is 0 Å². The Labute approximate surface area is 114 Å². The average molecular weight is 284 g/mol. The summed E-state index contributed by atoms with van der Waals surface area (Å²) >= 11 is 0. The van der Waals surface area contributed by atoms with Crippen LogP contribution in [0, 0.1) is 0 Å². The fourth-order valence-corrected chi connectivity index (χ4v) is 1.51. The Bertz CT molecular complexity index is 473. The van der Waals surface area contributed by atoms with Crippen LogP contribution in [-0.4, -0.2) is 52.1 Å². The van der Waals surface area contributed by atoms with Crippen LogP contribution in [0.1, 0.15) is 12.1 Å². The van der Waals surface area contributed by atoms with Gasteiger partial charge in [-0.2, -0.15) is 0 Å². The Kier molecular flexibility index (Phi) is 5.66. The molecule has 110 valence electrons. The van der Waals surface area contributed by atoms with Gasteiger partial charge in [0.15, 0.2) is 0 Å². The van der Waals surface area contributed by atoms with Crippen LogP contribution in [0.15, 0.2) is 12.5 Å². The van der Waals surface area contributed by atoms with Crippen LogP contribution in [0.4, 0.5) is 0 Å². The third-order valence-electron chi connectivity index (χ3n) is 2.51. The third-order valence-corrected chi connectivity index (χ3v) is 2.51. The van der Waals surface area contributed by atoms with Gasteiger partial charge < -0.3 is 25.9 Å². The number of carbonyl (C=O) groups is 3. The normalized spacial score (nSPS) is 13.3. The Morgan fingerprint density at radius 3 is 2.75 bits per heavy atom. The maximum atomic E-state index is 11.7. The number of carboxylic acid groups (broad SMARTS) is 1. The molecule has 9 heteroatoms. The number of nitrogens with zero attached hydrogens (tertiary/aromatic N) is 1. The first-order valence-electron chi connectivity index (χ1n) is 5.77. The quantitative estimate of drug-likeness (QED) is 0.441. The second kappa shape index (κ2) is 7.24. The number of H-pyrrole nitrogens is 1. The summed E-state index contributed by atoms with van der Waals surface area (Å²) in [4.78, 5) is 40.4. The minimum Gasteiger partial charge on any atom is -0.481 e. The smallest absolute Gasteiger partial charge is 0.328 e. The zero-order chi connectivity index (χ0) is 15.1. The van der Waals surface area contributed by atoms with Crippen molar-refractivity contribution in [2.45, 2.75) is 24.9 Å². The molecule has 1 heterocycles. The number of nitrogens with one attached hydrogen (secondary N) is 2. The largest absolute Gasteiger partial charge is 0.481 e. The molecule has 20 heavy (non-hydrogen) atoms. The Hall–Kier alpha value is -2.42. The van der Waals surface area contributed by atoms with Gasteiger partial charge in [-0.1, -0.05) is 0 Å². The number of nitrogens with two attached hydrogens (primary N) is 1. The number of aliphatic carboxylic acids is 1. The van der Waals surface area contributed by atoms with E-state index in [1.54, 1.807) is 0 Å². The number of carbonyl (C=O) groups excluding carboxylic acids is 2. The number of amides is 1. The summed E-state index contributed by atoms with van der Waals surface area (Å²) in [6.07, 6.45) is 2.54. The maximum absolute atomic E-state index is 11.7. The molecule has 1 amide bonds. The van der Waals surface area contributed by atoms with Gasteiger partial charge in [0.25, 0.3) is 0 Å². The summed E-state index contributed by atoms with van der Waals surface area (Å²) in [6.45, 7) is 0. The van der Waals surface area contributed by atoms with Crippen molar-refractivity contribution in [3.63, 3.8) is 0 Å². The van der Waals surface area contributed by atoms with Crippen LogP contribution in [0.5, 0.6) is 0 Å². The number of ether oxygens (including phenoxy) is 1. The Balaban J connectivity index is 2.67. The van der Waals surface area contributed by atoms with Gasteiger partial charge in [-0.3, -0.25) is 9.59 Å². The van der Waals surface area contributed by atoms with Crippen molar-refractivity contribution >= 4 is 17.8 Å². The van der Waals surface area contributed by atoms with Gasteiger partial charge >= 0.3 is 11.9 Å². The molecule has 0 radical (unpaired) electrons. The van der Waals surface area contributed by atoms with Gasteiger partial charge in [0.05, 0.1) is 25.9 Å². The number of methoxy groups -OCH3 is 1. The van der Waals surface area contributed by atoms with Gasteiger partial charge in [-0.15, -0.1) is 0 Å². The maximum Gasteiger partial charge on any atom is 0.328 e. The summed E-state index contributed by atoms with van der Waals surface area (Å²) in [5.41, 5.74) is 6.03. The van der Waals surface area contributed by atoms with Crippen molar-refractivity contribution in [2.24, 2.45) is 5.73 Å². The first-order chi connectivity index (χ1) is 9.43. The number of carboxylic acids is 1. The van der Waals surface area contributed by atoms with E-state index in [-0.39, 0.29) is 6.42 Å². The van der Waals surface area contributed by atoms with Crippen LogP contribution in [0.3, 0.4) is 0 Å². The van der Waals surface area contributed by atoms with Crippen molar-refractivity contribution in [3.8, 4) is 0 Å². The molecule has 0 aromatic carbocycles. The number of esters is 1. The lowest BCUT2D eigenvalue weighted by Gasteiger charge is -2.18. The topological polar surface area (TPSA) is 147 Å². The lowest BCUT2D eigenvalue weighted by Crippen LogP contribution is -2.50. The van der Waals surface area contributed by atoms with Crippen LogP contribution < -0.4 is 11.1 Å². The highest BCUT2D eigenvalue weighted by atomic mass is 16.5. The number of hydrogen-bond acceptors (Lipinski definition) is 6. The molecule has 1 aromatic heterocycles. The Morgan fingerprint density at radius 2 is 2.25 bits per heavy atom. The van der Waals surface area contributed by atoms with E-state index in [1.165, 1.54) is 19.6 Å². The highest BCUT2D eigenvalue weighted by Gasteiger charge is 2.26. The van der Waals surface area contributed by atoms with E-state index in [9.17, 15) is 14.4 Å². The summed E-state index contributed by atoms with van der Waals surface area (Å²) in [5.74, 6) is -2.59. The lowest BCUT2D eigenvalue weighted by molar-refractivity contribution is -0.145. The van der Waals surface area contributed by atoms with Crippen LogP contribution >= 0.6 is 0 Å². The van der Waals surface area contributed by atoms with Gasteiger partial charge in [0.1, 0.15) is 6.04 Å². The first kappa shape index (κ1) is 15.6. The monoisotopic (exact) mass is 284 g/mol. The number of aromatic nitrogens is 2. The fourth-order valence-electron chi connectivity index (χ4n) is 1.51. The molecule has 0 spiro atoms. The highest BCUT2D eigenvalue weighted by molar-refractivity contribution is 5.89. The van der Waals surface area contributed by atoms with Crippen molar-refractivity contribution in [2.75, 3.05) is 7.11 Å². The number of aromatic amines is 1. The molecule has 0 aliphatic carbocycles. The minimum atomic E-state index is -1.23. The van der Waals surface area contributed by atoms with E-state index < -0.39 is 36.4 Å². The number of imidazole rings is 1. The molecule has 9 nitrogen and oxygen atoms in total. The molecule has 1 aromatic rings. The number of rotatable bonds is 7. The van der Waals surface area contributed by atoms with E-state index >= 15 is 0 Å². The van der Waals surface area contributed by atoms with Gasteiger partial charge in [-0.25, -0.2) is 9.78 Å². The zero-order valence-corrected chi connectivity index (χ0v) is 10.8. The number of hydrogen-bond donors (Lipinski definition) is 4. The molecule has 0 bridgehead atoms. The summed E-state index contributed by atoms with van der Waals surface area (Å²) < 4.78 is 4.58. The highest BCUT2D eigenvalue weighted by Crippen LogP contribution is 2.01. The molecular weight excluding hydrogens is 268 g/mol. The predicted molar refractivity (Wildman–Crippen MR) is 66.5 cm³/mol. The molecule has 1 rings (SSSR count). The third kappa shape index (κ3) is 4.69. The standard InChI is InChI=1S/C11H16N4O5/c1-20-11(19)8(2-6-4-13-5-14-6)15-10(18)7(12)3-9(16)17/h4-5,7-8H,2-3,12H2,1H3,(H,13,14)(H,15,18)(H,16,17)/t7-,8-/m0/s1. The minimum absolute atomic E-state index is 0.137. The van der Waals surface area contributed by atoms with Gasteiger partial charge in [0, 0.05) is 18.3 Å². The summed E-state index contributed by atoms with van der Waals surface area (Å²) in [5, 5.41) is 10.9. The summed E-state index contributed by atoms with van der Waals surface area (Å²) in [6, 6.07) is -2.20. The second-order valence-electron chi connectivity index (χ2n) is 4.07. The first-order valence-corrected chi connectivity index (χ1v) is 5.77. The molecule has 0 saturated heterocycles. The van der Waals surface area contributed by atoms with E-state index in [0.29, 0.717) is 5.69 Å². The Morgan fingerprint density at radius 1 is 1.55 bits per heavy atom. The molecule has 0 aliphatic heterocycles. The van der Waals surface area contributed by atoms with E-state index in [2.05, 4.69) is 20.0 Å². The van der Waals surface area contributed by atoms with Crippen molar-refractivity contribution < 1.29 is 24.2 Å². The van der Waals surface area contributed by atoms with E-state index in [0.717, 1.165) is 0 Å². The van der Waals surface area contributed by atoms with E-state index in [4.69, 9.17) is 10.8 Å². The SMILES string of the molecule is COC(=O)[C@H](Cc1cnc[nH]1)NC(=O)[C@@H](N)CC(=O)O. The molecule has 2 atom stereocenters. The second-order valence-corrected chi connectivity index (χ2v) is 4.07. The van der Waals surface area contributed by atoms with Crippen LogP contribution in [0.25, 0.3) is 0 Å².